The Labute approximate surface area is 122 Å². The van der Waals surface area contributed by atoms with Crippen LogP contribution in [0.5, 0.6) is 0 Å². The molecular weight excluding hydrogens is 630 g/mol. The van der Waals surface area contributed by atoms with Crippen LogP contribution in [0.25, 0.3) is 0 Å². The van der Waals surface area contributed by atoms with Gasteiger partial charge in [-0.1, -0.05) is 0 Å². The van der Waals surface area contributed by atoms with Gasteiger partial charge in [-0.3, -0.25) is 0 Å². The third kappa shape index (κ3) is 3.38. The van der Waals surface area contributed by atoms with E-state index in [1.54, 1.807) is 12.3 Å². The van der Waals surface area contributed by atoms with Crippen LogP contribution in [0.1, 0.15) is 19.3 Å². The van der Waals surface area contributed by atoms with Gasteiger partial charge in [-0.25, -0.2) is 0 Å². The molecule has 0 aromatic heterocycles. The number of hydrogen-bond acceptors (Lipinski definition) is 0. The van der Waals surface area contributed by atoms with Crippen molar-refractivity contribution in [3.05, 3.63) is 0 Å². The first kappa shape index (κ1) is 12.8. The van der Waals surface area contributed by atoms with Gasteiger partial charge in [0.2, 0.25) is 0 Å². The quantitative estimate of drug-likeness (QED) is 0.227. The number of halogens is 4. The van der Waals surface area contributed by atoms with Crippen LogP contribution in [-0.4, -0.2) is 12.3 Å². The van der Waals surface area contributed by atoms with E-state index in [1.165, 1.54) is 19.3 Å². The minimum absolute atomic E-state index is 0.261. The first-order chi connectivity index (χ1) is 4.94. The van der Waals surface area contributed by atoms with Crippen LogP contribution in [0.2, 0.25) is 0 Å². The first-order valence-corrected chi connectivity index (χ1v) is 19.3. The zero-order valence-electron chi connectivity index (χ0n) is 5.94. The summed E-state index contributed by atoms with van der Waals surface area (Å²) in [6, 6.07) is 0. The van der Waals surface area contributed by atoms with E-state index in [-0.39, 0.29) is 2.90 Å². The van der Waals surface area contributed by atoms with Gasteiger partial charge in [-0.15, -0.1) is 0 Å². The van der Waals surface area contributed by atoms with Crippen LogP contribution in [0.4, 0.5) is 0 Å². The third-order valence-corrected chi connectivity index (χ3v) is 70.2. The molecule has 68 valence electrons. The Morgan fingerprint density at radius 2 is 1.36 bits per heavy atom. The Balaban J connectivity index is 2.75. The van der Waals surface area contributed by atoms with E-state index in [1.807, 2.05) is 0 Å². The molecule has 11 heavy (non-hydrogen) atoms. The second-order valence-electron chi connectivity index (χ2n) is 2.92. The molecule has 0 N–H and O–H groups in total. The molecule has 0 unspecified atom stereocenters. The van der Waals surface area contributed by atoms with Crippen molar-refractivity contribution >= 4 is 92.6 Å². The van der Waals surface area contributed by atoms with Gasteiger partial charge in [0.25, 0.3) is 0 Å². The van der Waals surface area contributed by atoms with Gasteiger partial charge >= 0.3 is 124 Å². The summed E-state index contributed by atoms with van der Waals surface area (Å²) in [6.45, 7) is 0. The van der Waals surface area contributed by atoms with Crippen LogP contribution >= 0.6 is 92.6 Å². The Hall–Kier alpha value is 3.78. The number of hydrogen-bond donors (Lipinski definition) is 0. The van der Waals surface area contributed by atoms with Crippen molar-refractivity contribution in [2.45, 2.75) is 19.3 Å². The summed E-state index contributed by atoms with van der Waals surface area (Å²) in [5, 5.41) is 0. The Morgan fingerprint density at radius 3 is 1.64 bits per heavy atom. The van der Waals surface area contributed by atoms with Crippen molar-refractivity contribution < 1.29 is 0 Å². The van der Waals surface area contributed by atoms with E-state index < -0.39 is 1.58 Å². The summed E-state index contributed by atoms with van der Waals surface area (Å²) >= 11 is 11.1. The standard InChI is InChI=1S/C5H10I4P2/c6-10(7)11(8,9)4-2-1-3-5-11/h1-5H2. The molecule has 1 saturated heterocycles. The van der Waals surface area contributed by atoms with Crippen molar-refractivity contribution in [1.29, 1.82) is 0 Å². The van der Waals surface area contributed by atoms with Gasteiger partial charge in [0.15, 0.2) is 0 Å². The normalized spacial score (nSPS) is 32.6. The van der Waals surface area contributed by atoms with E-state index in [0.717, 1.165) is 0 Å². The maximum atomic E-state index is 2.85. The van der Waals surface area contributed by atoms with Crippen molar-refractivity contribution in [3.63, 3.8) is 0 Å². The molecule has 0 saturated carbocycles. The van der Waals surface area contributed by atoms with Gasteiger partial charge < -0.3 is 0 Å². The summed E-state index contributed by atoms with van der Waals surface area (Å²) in [5.41, 5.74) is 0. The predicted molar refractivity (Wildman–Crippen MR) is 93.5 cm³/mol. The van der Waals surface area contributed by atoms with Crippen LogP contribution in [0, 0.1) is 0 Å². The van der Waals surface area contributed by atoms with E-state index in [9.17, 15) is 0 Å². The Kier molecular flexibility index (Phi) is 5.54. The summed E-state index contributed by atoms with van der Waals surface area (Å²) < 4.78 is -0.939. The molecule has 6 heteroatoms. The average Bonchev–Trinajstić information content (AvgIpc) is 1.87. The molecule has 0 aromatic rings. The van der Waals surface area contributed by atoms with E-state index >= 15 is 0 Å². The SMILES string of the molecule is IP(I)P1(I)(I)CCCCC1. The second-order valence-corrected chi connectivity index (χ2v) is 50.7. The van der Waals surface area contributed by atoms with Gasteiger partial charge in [0, 0.05) is 0 Å². The zero-order valence-corrected chi connectivity index (χ0v) is 16.4. The molecule has 1 heterocycles. The molecule has 0 spiro atoms. The second kappa shape index (κ2) is 4.74. The molecule has 1 aliphatic heterocycles. The molecule has 0 nitrogen and oxygen atoms in total. The average molecular weight is 640 g/mol. The monoisotopic (exact) mass is 640 g/mol. The van der Waals surface area contributed by atoms with Crippen LogP contribution in [0.15, 0.2) is 0 Å². The molecular formula is C5H10I4P2. The molecule has 1 fully saturated rings. The maximum absolute atomic E-state index is 2.85. The van der Waals surface area contributed by atoms with Crippen LogP contribution < -0.4 is 0 Å². The van der Waals surface area contributed by atoms with Crippen molar-refractivity contribution in [1.82, 2.24) is 0 Å². The first-order valence-electron chi connectivity index (χ1n) is 3.51. The van der Waals surface area contributed by atoms with Gasteiger partial charge in [0.05, 0.1) is 0 Å². The fourth-order valence-corrected chi connectivity index (χ4v) is 17.1. The molecule has 1 rings (SSSR count). The fraction of sp³-hybridized carbons (Fsp3) is 1.00. The zero-order chi connectivity index (χ0) is 8.56. The molecule has 0 bridgehead atoms. The summed E-state index contributed by atoms with van der Waals surface area (Å²) in [6.07, 6.45) is 7.57. The van der Waals surface area contributed by atoms with Gasteiger partial charge in [-0.05, 0) is 0 Å². The molecule has 0 atom stereocenters. The van der Waals surface area contributed by atoms with E-state index in [4.69, 9.17) is 0 Å². The predicted octanol–water partition coefficient (Wildman–Crippen LogP) is 6.52. The molecule has 0 aliphatic carbocycles. The third-order valence-electron chi connectivity index (χ3n) is 2.00. The van der Waals surface area contributed by atoms with E-state index in [0.29, 0.717) is 0 Å². The van der Waals surface area contributed by atoms with Gasteiger partial charge in [-0.2, -0.15) is 0 Å². The van der Waals surface area contributed by atoms with Crippen LogP contribution in [0.3, 0.4) is 0 Å². The summed E-state index contributed by atoms with van der Waals surface area (Å²) in [7, 11) is 0. The van der Waals surface area contributed by atoms with E-state index in [2.05, 4.69) is 88.2 Å². The van der Waals surface area contributed by atoms with Gasteiger partial charge in [0.1, 0.15) is 0 Å². The topological polar surface area (TPSA) is 0 Å². The molecule has 0 aromatic carbocycles. The Bertz CT molecular complexity index is 149. The van der Waals surface area contributed by atoms with Crippen molar-refractivity contribution in [2.75, 3.05) is 12.3 Å². The van der Waals surface area contributed by atoms with Crippen LogP contribution in [-0.2, 0) is 0 Å². The fourth-order valence-electron chi connectivity index (χ4n) is 1.27. The molecule has 1 aliphatic rings. The van der Waals surface area contributed by atoms with Crippen molar-refractivity contribution in [3.8, 4) is 0 Å². The summed E-state index contributed by atoms with van der Waals surface area (Å²) in [4.78, 5) is 0. The van der Waals surface area contributed by atoms with Crippen molar-refractivity contribution in [2.24, 2.45) is 0 Å². The minimum atomic E-state index is -1.20. The molecule has 0 radical (unpaired) electrons. The summed E-state index contributed by atoms with van der Waals surface area (Å²) in [5.74, 6) is 0. The Morgan fingerprint density at radius 1 is 0.909 bits per heavy atom. The number of rotatable bonds is 1. The molecule has 0 amide bonds.